The monoisotopic (exact) mass is 456 g/mol. The molecule has 1 atom stereocenters. The number of hydrogen-bond donors (Lipinski definition) is 0. The van der Waals surface area contributed by atoms with Crippen LogP contribution in [-0.2, 0) is 16.0 Å². The Morgan fingerprint density at radius 2 is 2.08 bits per heavy atom. The number of carbonyl (C=O) groups excluding carboxylic acids is 1. The molecule has 0 aliphatic heterocycles. The van der Waals surface area contributed by atoms with Crippen LogP contribution in [0.5, 0.6) is 5.75 Å². The van der Waals surface area contributed by atoms with Crippen LogP contribution in [0, 0.1) is 5.41 Å². The maximum absolute atomic E-state index is 12.5. The largest absolute Gasteiger partial charge is 0.466 e. The number of methoxy groups -OCH3 is 1. The zero-order valence-electron chi connectivity index (χ0n) is 14.1. The second kappa shape index (κ2) is 7.30. The predicted molar refractivity (Wildman–Crippen MR) is 102 cm³/mol. The molecule has 0 spiro atoms. The zero-order valence-corrected chi connectivity index (χ0v) is 17.3. The lowest BCUT2D eigenvalue weighted by Gasteiger charge is -2.38. The third kappa shape index (κ3) is 2.99. The summed E-state index contributed by atoms with van der Waals surface area (Å²) in [5.74, 6) is 1.03. The van der Waals surface area contributed by atoms with Crippen molar-refractivity contribution >= 4 is 43.2 Å². The van der Waals surface area contributed by atoms with E-state index in [9.17, 15) is 4.79 Å². The van der Waals surface area contributed by atoms with Crippen molar-refractivity contribution in [3.05, 3.63) is 32.2 Å². The number of carbonyl (C=O) groups is 1. The van der Waals surface area contributed by atoms with Crippen molar-refractivity contribution in [1.82, 2.24) is 0 Å². The number of fused-ring (bicyclic) bond motifs is 3. The molecule has 130 valence electrons. The molecule has 0 saturated heterocycles. The molecule has 0 bridgehead atoms. The highest BCUT2D eigenvalue weighted by atomic mass is 79.9. The molecule has 3 rings (SSSR count). The van der Waals surface area contributed by atoms with Gasteiger partial charge in [-0.1, -0.05) is 25.8 Å². The summed E-state index contributed by atoms with van der Waals surface area (Å²) in [6.45, 7) is 2.43. The van der Waals surface area contributed by atoms with Gasteiger partial charge in [-0.2, -0.15) is 0 Å². The molecular formula is C19H22Br2O3. The Kier molecular flexibility index (Phi) is 5.52. The smallest absolute Gasteiger partial charge is 0.188 e. The van der Waals surface area contributed by atoms with Gasteiger partial charge >= 0.3 is 0 Å². The number of Topliss-reactive ketones (excluding diaryl/α,β-unsaturated/α-hetero) is 1. The highest BCUT2D eigenvalue weighted by Gasteiger charge is 2.47. The molecule has 1 aromatic carbocycles. The number of ether oxygens (including phenoxy) is 2. The highest BCUT2D eigenvalue weighted by molar-refractivity contribution is 9.12. The van der Waals surface area contributed by atoms with Gasteiger partial charge in [-0.15, -0.1) is 0 Å². The Labute approximate surface area is 160 Å². The van der Waals surface area contributed by atoms with Gasteiger partial charge in [0.05, 0.1) is 8.96 Å². The van der Waals surface area contributed by atoms with Gasteiger partial charge in [0.25, 0.3) is 0 Å². The molecule has 24 heavy (non-hydrogen) atoms. The van der Waals surface area contributed by atoms with Gasteiger partial charge in [0.1, 0.15) is 5.75 Å². The van der Waals surface area contributed by atoms with Gasteiger partial charge in [0.2, 0.25) is 0 Å². The maximum Gasteiger partial charge on any atom is 0.188 e. The summed E-state index contributed by atoms with van der Waals surface area (Å²) in [5.41, 5.74) is 3.64. The summed E-state index contributed by atoms with van der Waals surface area (Å²) >= 11 is 7.29. The second-order valence-electron chi connectivity index (χ2n) is 6.63. The minimum atomic E-state index is 0.00721. The first-order valence-corrected chi connectivity index (χ1v) is 9.99. The Hall–Kier alpha value is -0.650. The fraction of sp³-hybridized carbons (Fsp3) is 0.526. The molecule has 0 saturated carbocycles. The number of hydrogen-bond acceptors (Lipinski definition) is 3. The average Bonchev–Trinajstić information content (AvgIpc) is 2.84. The molecule has 1 aromatic rings. The van der Waals surface area contributed by atoms with Gasteiger partial charge in [0.15, 0.2) is 12.6 Å². The summed E-state index contributed by atoms with van der Waals surface area (Å²) in [5, 5.41) is 0. The summed E-state index contributed by atoms with van der Waals surface area (Å²) < 4.78 is 12.4. The van der Waals surface area contributed by atoms with Crippen molar-refractivity contribution in [3.8, 4) is 5.75 Å². The van der Waals surface area contributed by atoms with Crippen molar-refractivity contribution in [2.75, 3.05) is 13.9 Å². The summed E-state index contributed by atoms with van der Waals surface area (Å²) in [6, 6.07) is 4.06. The van der Waals surface area contributed by atoms with Gasteiger partial charge in [-0.05, 0) is 73.9 Å². The normalized spacial score (nSPS) is 22.6. The first-order chi connectivity index (χ1) is 11.5. The minimum Gasteiger partial charge on any atom is -0.466 e. The van der Waals surface area contributed by atoms with Crippen LogP contribution < -0.4 is 4.74 Å². The summed E-state index contributed by atoms with van der Waals surface area (Å²) in [6.07, 6.45) is 6.01. The van der Waals surface area contributed by atoms with Crippen molar-refractivity contribution in [3.63, 3.8) is 0 Å². The predicted octanol–water partition coefficient (Wildman–Crippen LogP) is 5.63. The standard InChI is InChI=1S/C19H22Br2O3/c1-3-4-8-19-9-7-13-12(16(19)18(21)14(22)10-19)5-6-15(17(13)20)24-11-23-2/h5-6H,3-4,7-11H2,1-2H3. The number of unbranched alkanes of at least 4 members (excludes halogenated alkanes) is 1. The quantitative estimate of drug-likeness (QED) is 0.519. The van der Waals surface area contributed by atoms with E-state index in [1.54, 1.807) is 7.11 Å². The molecule has 3 nitrogen and oxygen atoms in total. The molecule has 5 heteroatoms. The van der Waals surface area contributed by atoms with Crippen LogP contribution in [0.3, 0.4) is 0 Å². The van der Waals surface area contributed by atoms with Crippen LogP contribution in [0.1, 0.15) is 50.2 Å². The number of halogens is 2. The van der Waals surface area contributed by atoms with E-state index in [-0.39, 0.29) is 18.0 Å². The third-order valence-corrected chi connectivity index (χ3v) is 6.87. The Morgan fingerprint density at radius 1 is 1.29 bits per heavy atom. The van der Waals surface area contributed by atoms with Crippen LogP contribution in [0.25, 0.3) is 5.57 Å². The Balaban J connectivity index is 2.06. The van der Waals surface area contributed by atoms with E-state index in [1.165, 1.54) is 16.7 Å². The van der Waals surface area contributed by atoms with Crippen LogP contribution in [-0.4, -0.2) is 19.7 Å². The fourth-order valence-corrected chi connectivity index (χ4v) is 5.43. The van der Waals surface area contributed by atoms with Crippen LogP contribution in [0.15, 0.2) is 21.1 Å². The van der Waals surface area contributed by atoms with E-state index < -0.39 is 0 Å². The SMILES string of the molecule is CCCCC12CCc3c(ccc(OCOC)c3Br)C1=C(Br)C(=O)C2. The summed E-state index contributed by atoms with van der Waals surface area (Å²) in [7, 11) is 1.61. The lowest BCUT2D eigenvalue weighted by Crippen LogP contribution is -2.26. The number of rotatable bonds is 6. The first-order valence-electron chi connectivity index (χ1n) is 8.41. The highest BCUT2D eigenvalue weighted by Crippen LogP contribution is 2.58. The fourth-order valence-electron chi connectivity index (χ4n) is 3.99. The number of benzene rings is 1. The van der Waals surface area contributed by atoms with E-state index in [0.717, 1.165) is 46.8 Å². The molecule has 1 unspecified atom stereocenters. The average molecular weight is 458 g/mol. The molecule has 0 fully saturated rings. The topological polar surface area (TPSA) is 35.5 Å². The molecule has 2 aliphatic rings. The second-order valence-corrected chi connectivity index (χ2v) is 8.21. The van der Waals surface area contributed by atoms with Crippen molar-refractivity contribution in [2.24, 2.45) is 5.41 Å². The molecule has 0 aromatic heterocycles. The first kappa shape index (κ1) is 18.2. The van der Waals surface area contributed by atoms with Crippen molar-refractivity contribution < 1.29 is 14.3 Å². The maximum atomic E-state index is 12.5. The van der Waals surface area contributed by atoms with E-state index in [4.69, 9.17) is 9.47 Å². The lowest BCUT2D eigenvalue weighted by molar-refractivity contribution is -0.115. The lowest BCUT2D eigenvalue weighted by atomic mass is 9.66. The van der Waals surface area contributed by atoms with Crippen LogP contribution >= 0.6 is 31.9 Å². The molecule has 2 aliphatic carbocycles. The van der Waals surface area contributed by atoms with Gasteiger partial charge in [-0.3, -0.25) is 4.79 Å². The van der Waals surface area contributed by atoms with E-state index in [2.05, 4.69) is 44.8 Å². The van der Waals surface area contributed by atoms with Gasteiger partial charge in [0, 0.05) is 18.9 Å². The van der Waals surface area contributed by atoms with Gasteiger partial charge < -0.3 is 9.47 Å². The molecular weight excluding hydrogens is 436 g/mol. The van der Waals surface area contributed by atoms with Gasteiger partial charge in [-0.25, -0.2) is 0 Å². The van der Waals surface area contributed by atoms with Crippen molar-refractivity contribution in [2.45, 2.75) is 45.4 Å². The van der Waals surface area contributed by atoms with Crippen LogP contribution in [0.2, 0.25) is 0 Å². The minimum absolute atomic E-state index is 0.00721. The number of ketones is 1. The zero-order chi connectivity index (χ0) is 17.3. The van der Waals surface area contributed by atoms with Crippen LogP contribution in [0.4, 0.5) is 0 Å². The Morgan fingerprint density at radius 3 is 2.79 bits per heavy atom. The van der Waals surface area contributed by atoms with E-state index in [1.807, 2.05) is 6.07 Å². The Bertz CT molecular complexity index is 696. The molecule has 0 heterocycles. The summed E-state index contributed by atoms with van der Waals surface area (Å²) in [4.78, 5) is 12.5. The van der Waals surface area contributed by atoms with E-state index in [0.29, 0.717) is 6.42 Å². The molecule has 0 N–H and O–H groups in total. The molecule has 0 amide bonds. The van der Waals surface area contributed by atoms with Crippen molar-refractivity contribution in [1.29, 1.82) is 0 Å². The third-order valence-electron chi connectivity index (χ3n) is 5.17. The number of allylic oxidation sites excluding steroid dienone is 2. The molecule has 0 radical (unpaired) electrons. The van der Waals surface area contributed by atoms with E-state index >= 15 is 0 Å².